The number of aliphatic hydroxyl groups is 1. The fraction of sp³-hybridized carbons (Fsp3) is 1.00. The zero-order chi connectivity index (χ0) is 6.74. The highest BCUT2D eigenvalue weighted by atomic mass is 16.3. The van der Waals surface area contributed by atoms with Crippen LogP contribution in [0.2, 0.25) is 0 Å². The molecule has 2 heteroatoms. The molecule has 2 nitrogen and oxygen atoms in total. The van der Waals surface area contributed by atoms with Crippen LogP contribution in [-0.4, -0.2) is 23.8 Å². The molecule has 0 radical (unpaired) electrons. The molecule has 1 atom stereocenters. The molecule has 0 aromatic heterocycles. The summed E-state index contributed by atoms with van der Waals surface area (Å²) in [7, 11) is 0. The van der Waals surface area contributed by atoms with Gasteiger partial charge in [0.15, 0.2) is 0 Å². The summed E-state index contributed by atoms with van der Waals surface area (Å²) < 4.78 is 0. The first-order valence-electron chi connectivity index (χ1n) is 3.70. The van der Waals surface area contributed by atoms with E-state index < -0.39 is 5.60 Å². The third kappa shape index (κ3) is 1.66. The van der Waals surface area contributed by atoms with Crippen LogP contribution in [0.5, 0.6) is 0 Å². The van der Waals surface area contributed by atoms with Gasteiger partial charge in [0.2, 0.25) is 0 Å². The molecule has 1 heterocycles. The standard InChI is InChI=1S/C7H15NO/c1-2-7(9)4-3-5-8-6-7/h8-9H,2-6H2,1H3. The summed E-state index contributed by atoms with van der Waals surface area (Å²) in [6, 6.07) is 0. The molecule has 0 bridgehead atoms. The van der Waals surface area contributed by atoms with E-state index in [1.54, 1.807) is 0 Å². The first kappa shape index (κ1) is 7.03. The number of hydrogen-bond acceptors (Lipinski definition) is 2. The van der Waals surface area contributed by atoms with Crippen LogP contribution in [0.15, 0.2) is 0 Å². The fourth-order valence-electron chi connectivity index (χ4n) is 1.25. The molecular formula is C7H15NO. The second-order valence-electron chi connectivity index (χ2n) is 2.86. The predicted molar refractivity (Wildman–Crippen MR) is 37.3 cm³/mol. The van der Waals surface area contributed by atoms with Crippen molar-refractivity contribution < 1.29 is 5.11 Å². The van der Waals surface area contributed by atoms with E-state index in [4.69, 9.17) is 0 Å². The highest BCUT2D eigenvalue weighted by Gasteiger charge is 2.26. The maximum atomic E-state index is 9.62. The van der Waals surface area contributed by atoms with Crippen LogP contribution in [0.25, 0.3) is 0 Å². The van der Waals surface area contributed by atoms with E-state index in [1.165, 1.54) is 0 Å². The maximum Gasteiger partial charge on any atom is 0.0769 e. The normalized spacial score (nSPS) is 36.7. The molecule has 0 aromatic carbocycles. The Bertz CT molecular complexity index is 86.9. The summed E-state index contributed by atoms with van der Waals surface area (Å²) in [5, 5.41) is 12.8. The van der Waals surface area contributed by atoms with Crippen molar-refractivity contribution in [2.24, 2.45) is 0 Å². The van der Waals surface area contributed by atoms with Crippen LogP contribution < -0.4 is 5.32 Å². The van der Waals surface area contributed by atoms with Crippen LogP contribution in [0, 0.1) is 0 Å². The molecule has 0 aliphatic carbocycles. The molecule has 0 spiro atoms. The van der Waals surface area contributed by atoms with E-state index in [0.29, 0.717) is 0 Å². The van der Waals surface area contributed by atoms with Crippen molar-refractivity contribution in [2.45, 2.75) is 31.8 Å². The minimum Gasteiger partial charge on any atom is -0.389 e. The van der Waals surface area contributed by atoms with Gasteiger partial charge in [-0.25, -0.2) is 0 Å². The summed E-state index contributed by atoms with van der Waals surface area (Å²) in [4.78, 5) is 0. The largest absolute Gasteiger partial charge is 0.389 e. The van der Waals surface area contributed by atoms with Gasteiger partial charge in [0, 0.05) is 6.54 Å². The van der Waals surface area contributed by atoms with Crippen LogP contribution >= 0.6 is 0 Å². The van der Waals surface area contributed by atoms with E-state index in [2.05, 4.69) is 5.32 Å². The second-order valence-corrected chi connectivity index (χ2v) is 2.86. The second kappa shape index (κ2) is 2.67. The average Bonchev–Trinajstić information content (AvgIpc) is 1.90. The van der Waals surface area contributed by atoms with Crippen molar-refractivity contribution in [3.05, 3.63) is 0 Å². The molecule has 0 amide bonds. The van der Waals surface area contributed by atoms with Gasteiger partial charge in [-0.1, -0.05) is 6.92 Å². The molecule has 2 N–H and O–H groups in total. The number of piperidine rings is 1. The van der Waals surface area contributed by atoms with Crippen LogP contribution in [0.3, 0.4) is 0 Å². The van der Waals surface area contributed by atoms with Gasteiger partial charge in [-0.15, -0.1) is 0 Å². The van der Waals surface area contributed by atoms with Gasteiger partial charge in [-0.05, 0) is 25.8 Å². The molecule has 1 aliphatic heterocycles. The third-order valence-corrected chi connectivity index (χ3v) is 2.11. The van der Waals surface area contributed by atoms with Crippen LogP contribution in [0.4, 0.5) is 0 Å². The van der Waals surface area contributed by atoms with Crippen LogP contribution in [0.1, 0.15) is 26.2 Å². The molecule has 9 heavy (non-hydrogen) atoms. The van der Waals surface area contributed by atoms with Gasteiger partial charge in [-0.3, -0.25) is 0 Å². The first-order chi connectivity index (χ1) is 4.27. The van der Waals surface area contributed by atoms with Crippen molar-refractivity contribution in [2.75, 3.05) is 13.1 Å². The minimum absolute atomic E-state index is 0.391. The fourth-order valence-corrected chi connectivity index (χ4v) is 1.25. The van der Waals surface area contributed by atoms with Crippen LogP contribution in [-0.2, 0) is 0 Å². The molecule has 0 aromatic rings. The molecule has 1 aliphatic rings. The van der Waals surface area contributed by atoms with Crippen molar-refractivity contribution in [3.63, 3.8) is 0 Å². The lowest BCUT2D eigenvalue weighted by Crippen LogP contribution is -2.44. The Balaban J connectivity index is 2.37. The zero-order valence-electron chi connectivity index (χ0n) is 5.98. The Hall–Kier alpha value is -0.0800. The van der Waals surface area contributed by atoms with Gasteiger partial charge in [-0.2, -0.15) is 0 Å². The zero-order valence-corrected chi connectivity index (χ0v) is 5.98. The Morgan fingerprint density at radius 2 is 2.44 bits per heavy atom. The Morgan fingerprint density at radius 1 is 1.67 bits per heavy atom. The minimum atomic E-state index is -0.391. The van der Waals surface area contributed by atoms with Gasteiger partial charge >= 0.3 is 0 Å². The SMILES string of the molecule is CCC1(O)CCCNC1. The number of hydrogen-bond donors (Lipinski definition) is 2. The third-order valence-electron chi connectivity index (χ3n) is 2.11. The predicted octanol–water partition coefficient (Wildman–Crippen LogP) is 0.511. The molecule has 0 saturated carbocycles. The van der Waals surface area contributed by atoms with Crippen molar-refractivity contribution in [3.8, 4) is 0 Å². The van der Waals surface area contributed by atoms with E-state index in [-0.39, 0.29) is 0 Å². The monoisotopic (exact) mass is 129 g/mol. The average molecular weight is 129 g/mol. The van der Waals surface area contributed by atoms with Gasteiger partial charge in [0.1, 0.15) is 0 Å². The lowest BCUT2D eigenvalue weighted by atomic mass is 9.92. The quantitative estimate of drug-likeness (QED) is 0.540. The molecule has 1 rings (SSSR count). The summed E-state index contributed by atoms with van der Waals surface area (Å²) in [5.41, 5.74) is -0.391. The van der Waals surface area contributed by atoms with Crippen molar-refractivity contribution >= 4 is 0 Å². The van der Waals surface area contributed by atoms with Crippen molar-refractivity contribution in [1.29, 1.82) is 0 Å². The number of nitrogens with one attached hydrogen (secondary N) is 1. The number of β-amino-alcohol motifs (C(OH)–C–C–N with tert-alkyl or cyclic N) is 1. The topological polar surface area (TPSA) is 32.3 Å². The Kier molecular flexibility index (Phi) is 2.09. The summed E-state index contributed by atoms with van der Waals surface area (Å²) in [5.74, 6) is 0. The Labute approximate surface area is 56.3 Å². The van der Waals surface area contributed by atoms with Crippen molar-refractivity contribution in [1.82, 2.24) is 5.32 Å². The Morgan fingerprint density at radius 3 is 2.78 bits per heavy atom. The van der Waals surface area contributed by atoms with Gasteiger partial charge in [0.25, 0.3) is 0 Å². The van der Waals surface area contributed by atoms with E-state index in [1.807, 2.05) is 6.92 Å². The van der Waals surface area contributed by atoms with E-state index in [0.717, 1.165) is 32.4 Å². The van der Waals surface area contributed by atoms with Gasteiger partial charge in [0.05, 0.1) is 5.60 Å². The molecular weight excluding hydrogens is 114 g/mol. The highest BCUT2D eigenvalue weighted by molar-refractivity contribution is 4.83. The summed E-state index contributed by atoms with van der Waals surface area (Å²) in [6.45, 7) is 3.89. The molecule has 54 valence electrons. The summed E-state index contributed by atoms with van der Waals surface area (Å²) >= 11 is 0. The number of rotatable bonds is 1. The molecule has 1 saturated heterocycles. The first-order valence-corrected chi connectivity index (χ1v) is 3.70. The maximum absolute atomic E-state index is 9.62. The lowest BCUT2D eigenvalue weighted by molar-refractivity contribution is 0.0131. The molecule has 1 unspecified atom stereocenters. The van der Waals surface area contributed by atoms with E-state index in [9.17, 15) is 5.11 Å². The smallest absolute Gasteiger partial charge is 0.0769 e. The highest BCUT2D eigenvalue weighted by Crippen LogP contribution is 2.18. The molecule has 1 fully saturated rings. The van der Waals surface area contributed by atoms with Gasteiger partial charge < -0.3 is 10.4 Å². The van der Waals surface area contributed by atoms with E-state index >= 15 is 0 Å². The lowest BCUT2D eigenvalue weighted by Gasteiger charge is -2.31. The summed E-state index contributed by atoms with van der Waals surface area (Å²) in [6.07, 6.45) is 2.96.